The van der Waals surface area contributed by atoms with Crippen LogP contribution in [0.5, 0.6) is 0 Å². The third-order valence-electron chi connectivity index (χ3n) is 1.66. The summed E-state index contributed by atoms with van der Waals surface area (Å²) in [6, 6.07) is 0. The molecule has 0 unspecified atom stereocenters. The van der Waals surface area contributed by atoms with Crippen LogP contribution in [-0.4, -0.2) is 28.0 Å². The summed E-state index contributed by atoms with van der Waals surface area (Å²) in [6.07, 6.45) is 2.91. The van der Waals surface area contributed by atoms with Gasteiger partial charge < -0.3 is 0 Å². The van der Waals surface area contributed by atoms with E-state index in [4.69, 9.17) is 16.3 Å². The van der Waals surface area contributed by atoms with Gasteiger partial charge in [0.15, 0.2) is 0 Å². The number of allylic oxidation sites excluding steroid dienone is 1. The molecule has 0 aliphatic rings. The number of hydrogen-bond donors (Lipinski definition) is 0. The average molecular weight is 284 g/mol. The third kappa shape index (κ3) is 5.04. The van der Waals surface area contributed by atoms with Crippen LogP contribution < -0.4 is 0 Å². The summed E-state index contributed by atoms with van der Waals surface area (Å²) in [7, 11) is 1.40. The minimum absolute atomic E-state index is 0.151. The predicted molar refractivity (Wildman–Crippen MR) is 60.7 cm³/mol. The van der Waals surface area contributed by atoms with E-state index in [1.165, 1.54) is 7.11 Å². The first-order valence-corrected chi connectivity index (χ1v) is 7.21. The van der Waals surface area contributed by atoms with Crippen molar-refractivity contribution in [2.24, 2.45) is 0 Å². The van der Waals surface area contributed by atoms with Crippen molar-refractivity contribution in [2.45, 2.75) is 38.4 Å². The standard InChI is InChI=1S/C10H17ClO2Se/c1-4-6-7-8(11)9(14-5-2)10(12)13-3/h4-7H2,1-3H3/b9-8-. The van der Waals surface area contributed by atoms with Crippen molar-refractivity contribution in [3.05, 3.63) is 9.50 Å². The number of rotatable bonds is 6. The van der Waals surface area contributed by atoms with E-state index in [0.717, 1.165) is 24.6 Å². The van der Waals surface area contributed by atoms with Gasteiger partial charge in [0.25, 0.3) is 0 Å². The van der Waals surface area contributed by atoms with E-state index in [1.54, 1.807) is 0 Å². The number of carbonyl (C=O) groups excluding carboxylic acids is 1. The molecule has 2 nitrogen and oxygen atoms in total. The first-order valence-electron chi connectivity index (χ1n) is 4.77. The van der Waals surface area contributed by atoms with Gasteiger partial charge in [-0.15, -0.1) is 0 Å². The number of methoxy groups -OCH3 is 1. The molecule has 4 heteroatoms. The van der Waals surface area contributed by atoms with E-state index in [0.29, 0.717) is 9.50 Å². The van der Waals surface area contributed by atoms with Gasteiger partial charge in [0.2, 0.25) is 0 Å². The van der Waals surface area contributed by atoms with Crippen molar-refractivity contribution in [3.8, 4) is 0 Å². The molecule has 0 radical (unpaired) electrons. The van der Waals surface area contributed by atoms with Gasteiger partial charge in [-0.3, -0.25) is 0 Å². The quantitative estimate of drug-likeness (QED) is 0.426. The minimum atomic E-state index is -0.257. The van der Waals surface area contributed by atoms with E-state index in [-0.39, 0.29) is 20.9 Å². The van der Waals surface area contributed by atoms with Crippen LogP contribution in [0, 0.1) is 0 Å². The molecule has 82 valence electrons. The van der Waals surface area contributed by atoms with Crippen molar-refractivity contribution in [3.63, 3.8) is 0 Å². The SMILES string of the molecule is CCCC/C(Cl)=C(/[Se]CC)C(=O)OC. The Balaban J connectivity index is 4.48. The normalized spacial score (nSPS) is 12.3. The predicted octanol–water partition coefficient (Wildman–Crippen LogP) is 2.94. The Morgan fingerprint density at radius 2 is 2.07 bits per heavy atom. The molecule has 0 atom stereocenters. The van der Waals surface area contributed by atoms with E-state index in [1.807, 2.05) is 6.92 Å². The molecule has 0 aliphatic carbocycles. The topological polar surface area (TPSA) is 26.3 Å². The van der Waals surface area contributed by atoms with Gasteiger partial charge in [0.05, 0.1) is 0 Å². The van der Waals surface area contributed by atoms with Crippen molar-refractivity contribution in [2.75, 3.05) is 7.11 Å². The Kier molecular flexibility index (Phi) is 8.35. The van der Waals surface area contributed by atoms with Crippen molar-refractivity contribution < 1.29 is 9.53 Å². The van der Waals surface area contributed by atoms with Crippen molar-refractivity contribution >= 4 is 32.5 Å². The van der Waals surface area contributed by atoms with Crippen LogP contribution in [0.2, 0.25) is 5.32 Å². The molecule has 0 rings (SSSR count). The van der Waals surface area contributed by atoms with Crippen LogP contribution in [0.1, 0.15) is 33.1 Å². The van der Waals surface area contributed by atoms with Gasteiger partial charge in [-0.1, -0.05) is 0 Å². The van der Waals surface area contributed by atoms with Gasteiger partial charge in [0, 0.05) is 0 Å². The fourth-order valence-electron chi connectivity index (χ4n) is 0.931. The number of halogens is 1. The second kappa shape index (κ2) is 8.34. The van der Waals surface area contributed by atoms with Crippen molar-refractivity contribution in [1.82, 2.24) is 0 Å². The van der Waals surface area contributed by atoms with Gasteiger partial charge in [-0.05, 0) is 0 Å². The zero-order chi connectivity index (χ0) is 11.0. The van der Waals surface area contributed by atoms with Crippen LogP contribution in [0.3, 0.4) is 0 Å². The Hall–Kier alpha value is 0.0195. The molecule has 0 aromatic carbocycles. The second-order valence-corrected chi connectivity index (χ2v) is 5.89. The van der Waals surface area contributed by atoms with E-state index >= 15 is 0 Å². The summed E-state index contributed by atoms with van der Waals surface area (Å²) < 4.78 is 5.41. The number of carbonyl (C=O) groups is 1. The molecule has 0 amide bonds. The van der Waals surface area contributed by atoms with Crippen LogP contribution in [-0.2, 0) is 9.53 Å². The average Bonchev–Trinajstić information content (AvgIpc) is 2.21. The molecule has 0 N–H and O–H groups in total. The second-order valence-electron chi connectivity index (χ2n) is 2.76. The maximum absolute atomic E-state index is 11.4. The molecular formula is C10H17ClO2Se. The van der Waals surface area contributed by atoms with E-state index < -0.39 is 0 Å². The first-order chi connectivity index (χ1) is 6.67. The van der Waals surface area contributed by atoms with Crippen LogP contribution >= 0.6 is 11.6 Å². The molecule has 0 aromatic heterocycles. The molecule has 0 fully saturated rings. The number of unbranched alkanes of at least 4 members (excludes halogenated alkanes) is 1. The molecule has 0 heterocycles. The Morgan fingerprint density at radius 3 is 2.50 bits per heavy atom. The van der Waals surface area contributed by atoms with E-state index in [9.17, 15) is 4.79 Å². The number of ether oxygens (including phenoxy) is 1. The van der Waals surface area contributed by atoms with Crippen LogP contribution in [0.25, 0.3) is 0 Å². The molecule has 0 bridgehead atoms. The fourth-order valence-corrected chi connectivity index (χ4v) is 3.00. The number of hydrogen-bond acceptors (Lipinski definition) is 2. The Labute approximate surface area is 97.2 Å². The molecule has 0 spiro atoms. The molecule has 14 heavy (non-hydrogen) atoms. The van der Waals surface area contributed by atoms with E-state index in [2.05, 4.69) is 6.92 Å². The van der Waals surface area contributed by atoms with Gasteiger partial charge in [0.1, 0.15) is 0 Å². The summed E-state index contributed by atoms with van der Waals surface area (Å²) in [5, 5.41) is 1.67. The summed E-state index contributed by atoms with van der Waals surface area (Å²) in [4.78, 5) is 11.4. The monoisotopic (exact) mass is 284 g/mol. The summed E-state index contributed by atoms with van der Waals surface area (Å²) in [5.41, 5.74) is 0. The number of esters is 1. The maximum atomic E-state index is 11.4. The van der Waals surface area contributed by atoms with Gasteiger partial charge >= 0.3 is 97.1 Å². The summed E-state index contributed by atoms with van der Waals surface area (Å²) in [5.74, 6) is -0.257. The molecule has 0 saturated heterocycles. The van der Waals surface area contributed by atoms with Crippen LogP contribution in [0.4, 0.5) is 0 Å². The summed E-state index contributed by atoms with van der Waals surface area (Å²) >= 11 is 6.22. The first kappa shape index (κ1) is 14.0. The zero-order valence-corrected chi connectivity index (χ0v) is 11.4. The van der Waals surface area contributed by atoms with Gasteiger partial charge in [-0.25, -0.2) is 0 Å². The molecule has 0 saturated carbocycles. The fraction of sp³-hybridized carbons (Fsp3) is 0.700. The Bertz CT molecular complexity index is 214. The Morgan fingerprint density at radius 1 is 1.43 bits per heavy atom. The zero-order valence-electron chi connectivity index (χ0n) is 8.93. The van der Waals surface area contributed by atoms with Crippen molar-refractivity contribution in [1.29, 1.82) is 0 Å². The molecule has 0 aromatic rings. The third-order valence-corrected chi connectivity index (χ3v) is 4.37. The van der Waals surface area contributed by atoms with Gasteiger partial charge in [-0.2, -0.15) is 0 Å². The molecular weight excluding hydrogens is 267 g/mol. The molecule has 0 aliphatic heterocycles. The van der Waals surface area contributed by atoms with Crippen LogP contribution in [0.15, 0.2) is 9.50 Å². The summed E-state index contributed by atoms with van der Waals surface area (Å²) in [6.45, 7) is 4.15.